The highest BCUT2D eigenvalue weighted by molar-refractivity contribution is 14.0. The topological polar surface area (TPSA) is 65.1 Å². The number of imidazole rings is 1. The molecule has 1 aromatic heterocycles. The Morgan fingerprint density at radius 1 is 1.00 bits per heavy atom. The minimum Gasteiger partial charge on any atom is -0.357 e. The number of aromatic amines is 1. The molecular formula is C21H28IN5. The maximum Gasteiger partial charge on any atom is 0.191 e. The third-order valence-electron chi connectivity index (χ3n) is 4.17. The summed E-state index contributed by atoms with van der Waals surface area (Å²) in [5.74, 6) is 1.91. The van der Waals surface area contributed by atoms with Gasteiger partial charge in [0.05, 0.1) is 11.0 Å². The lowest BCUT2D eigenvalue weighted by Gasteiger charge is -2.11. The summed E-state index contributed by atoms with van der Waals surface area (Å²) < 4.78 is 0. The molecule has 0 aliphatic heterocycles. The number of hydrogen-bond acceptors (Lipinski definition) is 2. The Morgan fingerprint density at radius 3 is 2.56 bits per heavy atom. The fourth-order valence-electron chi connectivity index (χ4n) is 2.87. The predicted molar refractivity (Wildman–Crippen MR) is 124 cm³/mol. The Balaban J connectivity index is 0.00000261. The molecule has 0 saturated carbocycles. The average Bonchev–Trinajstić information content (AvgIpc) is 3.09. The summed E-state index contributed by atoms with van der Waals surface area (Å²) >= 11 is 0. The summed E-state index contributed by atoms with van der Waals surface area (Å²) in [7, 11) is 0. The fourth-order valence-corrected chi connectivity index (χ4v) is 2.87. The largest absolute Gasteiger partial charge is 0.357 e. The smallest absolute Gasteiger partial charge is 0.191 e. The number of rotatable bonds is 8. The van der Waals surface area contributed by atoms with Crippen LogP contribution in [-0.2, 0) is 12.8 Å². The molecule has 0 spiro atoms. The van der Waals surface area contributed by atoms with E-state index in [4.69, 9.17) is 0 Å². The van der Waals surface area contributed by atoms with Gasteiger partial charge in [0.1, 0.15) is 5.82 Å². The molecule has 0 atom stereocenters. The minimum absolute atomic E-state index is 0. The van der Waals surface area contributed by atoms with Gasteiger partial charge in [0.2, 0.25) is 0 Å². The van der Waals surface area contributed by atoms with Crippen molar-refractivity contribution < 1.29 is 0 Å². The highest BCUT2D eigenvalue weighted by Crippen LogP contribution is 2.11. The van der Waals surface area contributed by atoms with Crippen LogP contribution >= 0.6 is 24.0 Å². The van der Waals surface area contributed by atoms with Crippen molar-refractivity contribution in [1.29, 1.82) is 0 Å². The molecule has 0 saturated heterocycles. The van der Waals surface area contributed by atoms with Crippen LogP contribution < -0.4 is 10.6 Å². The Hall–Kier alpha value is -2.09. The Labute approximate surface area is 178 Å². The molecular weight excluding hydrogens is 449 g/mol. The number of hydrogen-bond donors (Lipinski definition) is 3. The van der Waals surface area contributed by atoms with Crippen LogP contribution in [0.15, 0.2) is 59.6 Å². The first-order valence-corrected chi connectivity index (χ1v) is 9.35. The van der Waals surface area contributed by atoms with Gasteiger partial charge in [-0.1, -0.05) is 42.5 Å². The number of guanidine groups is 1. The molecule has 3 aromatic rings. The van der Waals surface area contributed by atoms with Crippen molar-refractivity contribution in [1.82, 2.24) is 20.6 Å². The molecule has 144 valence electrons. The zero-order chi connectivity index (χ0) is 18.0. The summed E-state index contributed by atoms with van der Waals surface area (Å²) in [5.41, 5.74) is 3.46. The number of para-hydroxylation sites is 2. The lowest BCUT2D eigenvalue weighted by molar-refractivity contribution is 0.764. The zero-order valence-electron chi connectivity index (χ0n) is 15.7. The molecule has 0 fully saturated rings. The summed E-state index contributed by atoms with van der Waals surface area (Å²) in [6.07, 6.45) is 2.86. The average molecular weight is 477 g/mol. The van der Waals surface area contributed by atoms with Crippen molar-refractivity contribution in [2.75, 3.05) is 19.6 Å². The van der Waals surface area contributed by atoms with Gasteiger partial charge in [0.25, 0.3) is 0 Å². The van der Waals surface area contributed by atoms with Gasteiger partial charge in [-0.2, -0.15) is 0 Å². The fraction of sp³-hybridized carbons (Fsp3) is 0.333. The van der Waals surface area contributed by atoms with E-state index in [1.807, 2.05) is 24.3 Å². The van der Waals surface area contributed by atoms with Gasteiger partial charge in [-0.25, -0.2) is 4.98 Å². The third-order valence-corrected chi connectivity index (χ3v) is 4.17. The second-order valence-electron chi connectivity index (χ2n) is 6.23. The lowest BCUT2D eigenvalue weighted by atomic mass is 10.1. The molecule has 0 bridgehead atoms. The highest BCUT2D eigenvalue weighted by Gasteiger charge is 2.02. The molecule has 0 unspecified atom stereocenters. The van der Waals surface area contributed by atoms with Gasteiger partial charge in [-0.3, -0.25) is 4.99 Å². The molecule has 27 heavy (non-hydrogen) atoms. The molecule has 0 aliphatic rings. The lowest BCUT2D eigenvalue weighted by Crippen LogP contribution is -2.38. The van der Waals surface area contributed by atoms with Crippen molar-refractivity contribution in [2.45, 2.75) is 26.2 Å². The summed E-state index contributed by atoms with van der Waals surface area (Å²) in [4.78, 5) is 12.7. The molecule has 0 radical (unpaired) electrons. The van der Waals surface area contributed by atoms with E-state index in [1.54, 1.807) is 0 Å². The summed E-state index contributed by atoms with van der Waals surface area (Å²) in [6, 6.07) is 18.6. The van der Waals surface area contributed by atoms with E-state index >= 15 is 0 Å². The van der Waals surface area contributed by atoms with Gasteiger partial charge in [0, 0.05) is 26.1 Å². The Morgan fingerprint density at radius 2 is 1.78 bits per heavy atom. The van der Waals surface area contributed by atoms with Gasteiger partial charge in [-0.15, -0.1) is 24.0 Å². The third kappa shape index (κ3) is 6.86. The van der Waals surface area contributed by atoms with Crippen LogP contribution in [0.5, 0.6) is 0 Å². The standard InChI is InChI=1S/C21H27N5.HI/c1-2-22-21(24-16-14-17-9-4-3-5-10-17)23-15-8-13-20-25-18-11-6-7-12-19(18)26-20;/h3-7,9-12H,2,8,13-16H2,1H3,(H,25,26)(H2,22,23,24);1H. The molecule has 3 N–H and O–H groups in total. The first kappa shape index (κ1) is 21.2. The van der Waals surface area contributed by atoms with Gasteiger partial charge in [0.15, 0.2) is 5.96 Å². The van der Waals surface area contributed by atoms with Crippen LogP contribution in [-0.4, -0.2) is 35.6 Å². The second-order valence-corrected chi connectivity index (χ2v) is 6.23. The van der Waals surface area contributed by atoms with Crippen LogP contribution in [0.25, 0.3) is 11.0 Å². The monoisotopic (exact) mass is 477 g/mol. The first-order chi connectivity index (χ1) is 12.8. The van der Waals surface area contributed by atoms with E-state index in [-0.39, 0.29) is 24.0 Å². The molecule has 2 aromatic carbocycles. The van der Waals surface area contributed by atoms with Crippen molar-refractivity contribution in [3.8, 4) is 0 Å². The maximum absolute atomic E-state index is 4.67. The van der Waals surface area contributed by atoms with Gasteiger partial charge < -0.3 is 15.6 Å². The molecule has 5 nitrogen and oxygen atoms in total. The maximum atomic E-state index is 4.67. The molecule has 3 rings (SSSR count). The molecule has 1 heterocycles. The Kier molecular flexibility index (Phi) is 9.10. The van der Waals surface area contributed by atoms with E-state index in [1.165, 1.54) is 5.56 Å². The van der Waals surface area contributed by atoms with Crippen LogP contribution in [0.4, 0.5) is 0 Å². The van der Waals surface area contributed by atoms with Crippen molar-refractivity contribution >= 4 is 41.0 Å². The number of H-pyrrole nitrogens is 1. The minimum atomic E-state index is 0. The van der Waals surface area contributed by atoms with Crippen LogP contribution in [0.1, 0.15) is 24.7 Å². The number of fused-ring (bicyclic) bond motifs is 1. The molecule has 0 aliphatic carbocycles. The van der Waals surface area contributed by atoms with Crippen molar-refractivity contribution in [3.05, 3.63) is 66.0 Å². The number of nitrogens with one attached hydrogen (secondary N) is 3. The van der Waals surface area contributed by atoms with E-state index in [0.717, 1.165) is 61.7 Å². The second kappa shape index (κ2) is 11.6. The quantitative estimate of drug-likeness (QED) is 0.200. The predicted octanol–water partition coefficient (Wildman–Crippen LogP) is 3.91. The number of benzene rings is 2. The SMILES string of the molecule is CCNC(=NCCCc1nc2ccccc2[nH]1)NCCc1ccccc1.I. The van der Waals surface area contributed by atoms with Gasteiger partial charge in [-0.05, 0) is 37.5 Å². The number of nitrogens with zero attached hydrogens (tertiary/aromatic N) is 2. The number of aliphatic imine (C=N–C) groups is 1. The van der Waals surface area contributed by atoms with Crippen molar-refractivity contribution in [2.24, 2.45) is 4.99 Å². The number of aryl methyl sites for hydroxylation is 1. The summed E-state index contributed by atoms with van der Waals surface area (Å²) in [6.45, 7) is 4.60. The Bertz CT molecular complexity index is 796. The molecule has 0 amide bonds. The van der Waals surface area contributed by atoms with Crippen LogP contribution in [0.2, 0.25) is 0 Å². The highest BCUT2D eigenvalue weighted by atomic mass is 127. The van der Waals surface area contributed by atoms with E-state index in [2.05, 4.69) is 62.8 Å². The normalized spacial score (nSPS) is 11.2. The first-order valence-electron chi connectivity index (χ1n) is 9.35. The van der Waals surface area contributed by atoms with Crippen molar-refractivity contribution in [3.63, 3.8) is 0 Å². The number of halogens is 1. The summed E-state index contributed by atoms with van der Waals surface area (Å²) in [5, 5.41) is 6.71. The van der Waals surface area contributed by atoms with E-state index in [9.17, 15) is 0 Å². The van der Waals surface area contributed by atoms with Gasteiger partial charge >= 0.3 is 0 Å². The zero-order valence-corrected chi connectivity index (χ0v) is 18.1. The van der Waals surface area contributed by atoms with Crippen LogP contribution in [0, 0.1) is 0 Å². The molecule has 6 heteroatoms. The number of aromatic nitrogens is 2. The van der Waals surface area contributed by atoms with E-state index < -0.39 is 0 Å². The van der Waals surface area contributed by atoms with E-state index in [0.29, 0.717) is 0 Å². The van der Waals surface area contributed by atoms with Crippen LogP contribution in [0.3, 0.4) is 0 Å².